The number of carbonyl (C=O) groups excluding carboxylic acids is 1. The molecule has 0 radical (unpaired) electrons. The normalized spacial score (nSPS) is 22.0. The fourth-order valence-corrected chi connectivity index (χ4v) is 5.88. The van der Waals surface area contributed by atoms with Crippen LogP contribution in [-0.4, -0.2) is 54.2 Å². The van der Waals surface area contributed by atoms with E-state index in [1.165, 1.54) is 5.56 Å². The van der Waals surface area contributed by atoms with Gasteiger partial charge in [0.1, 0.15) is 17.4 Å². The first kappa shape index (κ1) is 29.3. The van der Waals surface area contributed by atoms with Crippen molar-refractivity contribution in [3.8, 4) is 0 Å². The van der Waals surface area contributed by atoms with Crippen LogP contribution in [0.25, 0.3) is 0 Å². The van der Waals surface area contributed by atoms with Gasteiger partial charge in [-0.25, -0.2) is 4.79 Å². The lowest BCUT2D eigenvalue weighted by Gasteiger charge is -2.41. The second-order valence-electron chi connectivity index (χ2n) is 12.4. The van der Waals surface area contributed by atoms with Crippen molar-refractivity contribution in [3.63, 3.8) is 0 Å². The molecule has 1 amide bonds. The average molecular weight is 557 g/mol. The van der Waals surface area contributed by atoms with Crippen LogP contribution in [0.4, 0.5) is 4.79 Å². The molecule has 34 heavy (non-hydrogen) atoms. The third-order valence-electron chi connectivity index (χ3n) is 6.83. The lowest BCUT2D eigenvalue weighted by atomic mass is 9.95. The van der Waals surface area contributed by atoms with Crippen molar-refractivity contribution >= 4 is 30.3 Å². The number of benzene rings is 1. The fraction of sp³-hybridized carbons (Fsp3) is 0.741. The summed E-state index contributed by atoms with van der Waals surface area (Å²) in [5.41, 5.74) is -0.232. The highest BCUT2D eigenvalue weighted by atomic mass is 79.9. The molecule has 0 aromatic heterocycles. The molecule has 1 heterocycles. The monoisotopic (exact) mass is 555 g/mol. The van der Waals surface area contributed by atoms with Gasteiger partial charge in [-0.2, -0.15) is 0 Å². The number of hydrogen-bond donors (Lipinski definition) is 0. The Morgan fingerprint density at radius 2 is 1.74 bits per heavy atom. The Hall–Kier alpha value is -0.893. The van der Waals surface area contributed by atoms with Crippen LogP contribution in [-0.2, 0) is 20.3 Å². The van der Waals surface area contributed by atoms with Gasteiger partial charge < -0.3 is 13.9 Å². The molecule has 2 rings (SSSR count). The fourth-order valence-electron chi connectivity index (χ4n) is 4.19. The van der Waals surface area contributed by atoms with Gasteiger partial charge >= 0.3 is 6.09 Å². The molecule has 0 N–H and O–H groups in total. The largest absolute Gasteiger partial charge is 0.444 e. The molecule has 0 saturated carbocycles. The lowest BCUT2D eigenvalue weighted by Crippen LogP contribution is -2.53. The first-order valence-corrected chi connectivity index (χ1v) is 16.5. The van der Waals surface area contributed by atoms with Gasteiger partial charge in [-0.15, -0.1) is 0 Å². The number of halogens is 1. The summed E-state index contributed by atoms with van der Waals surface area (Å²) < 4.78 is 19.6. The van der Waals surface area contributed by atoms with Crippen molar-refractivity contribution < 1.29 is 18.7 Å². The van der Waals surface area contributed by atoms with E-state index in [1.54, 1.807) is 0 Å². The van der Waals surface area contributed by atoms with E-state index in [1.807, 2.05) is 57.7 Å². The Morgan fingerprint density at radius 3 is 2.24 bits per heavy atom. The minimum absolute atomic E-state index is 0.0769. The zero-order chi connectivity index (χ0) is 25.9. The predicted octanol–water partition coefficient (Wildman–Crippen LogP) is 7.54. The van der Waals surface area contributed by atoms with E-state index in [9.17, 15) is 4.79 Å². The summed E-state index contributed by atoms with van der Waals surface area (Å²) in [5.74, 6) is 0. The summed E-state index contributed by atoms with van der Waals surface area (Å²) in [4.78, 5) is 15.3. The molecule has 1 aromatic carbocycles. The number of hydrogen-bond acceptors (Lipinski definition) is 4. The molecule has 5 nitrogen and oxygen atoms in total. The molecule has 0 bridgehead atoms. The van der Waals surface area contributed by atoms with E-state index in [2.05, 4.69) is 61.9 Å². The first-order chi connectivity index (χ1) is 15.5. The number of alkyl halides is 1. The van der Waals surface area contributed by atoms with Gasteiger partial charge in [0, 0.05) is 5.33 Å². The topological polar surface area (TPSA) is 48.0 Å². The average Bonchev–Trinajstić information content (AvgIpc) is 2.94. The summed E-state index contributed by atoms with van der Waals surface area (Å²) in [6, 6.07) is 10.1. The predicted molar refractivity (Wildman–Crippen MR) is 146 cm³/mol. The zero-order valence-corrected chi connectivity index (χ0v) is 25.5. The Kier molecular flexibility index (Phi) is 9.51. The second-order valence-corrected chi connectivity index (χ2v) is 17.9. The molecule has 1 aromatic rings. The molecule has 1 aliphatic heterocycles. The number of carbonyl (C=O) groups is 1. The summed E-state index contributed by atoms with van der Waals surface area (Å²) in [5, 5.41) is 0.979. The maximum Gasteiger partial charge on any atom is 0.412 e. The molecule has 1 saturated heterocycles. The van der Waals surface area contributed by atoms with Gasteiger partial charge in [-0.3, -0.25) is 4.90 Å². The molecular formula is C27H46BrNO4Si. The Labute approximate surface area is 217 Å². The number of amides is 1. The highest BCUT2D eigenvalue weighted by Gasteiger charge is 2.54. The zero-order valence-electron chi connectivity index (χ0n) is 22.9. The first-order valence-electron chi connectivity index (χ1n) is 12.5. The van der Waals surface area contributed by atoms with Crippen LogP contribution in [0.5, 0.6) is 0 Å². The van der Waals surface area contributed by atoms with Crippen LogP contribution in [0.1, 0.15) is 73.8 Å². The maximum absolute atomic E-state index is 13.5. The molecule has 1 fully saturated rings. The Bertz CT molecular complexity index is 801. The summed E-state index contributed by atoms with van der Waals surface area (Å²) >= 11 is 3.60. The molecule has 0 spiro atoms. The third kappa shape index (κ3) is 7.55. The summed E-state index contributed by atoms with van der Waals surface area (Å²) in [6.45, 7) is 21.0. The van der Waals surface area contributed by atoms with Gasteiger partial charge in [-0.1, -0.05) is 67.0 Å². The van der Waals surface area contributed by atoms with Crippen molar-refractivity contribution in [1.29, 1.82) is 0 Å². The van der Waals surface area contributed by atoms with Gasteiger partial charge in [0.2, 0.25) is 0 Å². The quantitative estimate of drug-likeness (QED) is 0.245. The molecule has 3 atom stereocenters. The highest BCUT2D eigenvalue weighted by molar-refractivity contribution is 9.09. The number of rotatable bonds is 8. The van der Waals surface area contributed by atoms with E-state index < -0.39 is 19.6 Å². The number of nitrogens with zero attached hydrogens (tertiary/aromatic N) is 1. The molecule has 0 aliphatic carbocycles. The van der Waals surface area contributed by atoms with E-state index in [-0.39, 0.29) is 29.4 Å². The number of ether oxygens (including phenoxy) is 2. The van der Waals surface area contributed by atoms with Gasteiger partial charge in [-0.05, 0) is 77.6 Å². The summed E-state index contributed by atoms with van der Waals surface area (Å²) in [7, 11) is -2.07. The summed E-state index contributed by atoms with van der Waals surface area (Å²) in [6.07, 6.45) is 1.82. The third-order valence-corrected chi connectivity index (χ3v) is 11.9. The van der Waals surface area contributed by atoms with Crippen LogP contribution >= 0.6 is 15.9 Å². The SMILES string of the molecule is CC(C)(C)OC(=O)N1C(Cc2ccccc2)C(C(CCCBr)O[Si](C)(C)C(C)(C)C)OC1(C)C. The molecule has 7 heteroatoms. The highest BCUT2D eigenvalue weighted by Crippen LogP contribution is 2.42. The minimum Gasteiger partial charge on any atom is -0.444 e. The van der Waals surface area contributed by atoms with E-state index >= 15 is 0 Å². The lowest BCUT2D eigenvalue weighted by molar-refractivity contribution is -0.102. The Balaban J connectivity index is 2.50. The van der Waals surface area contributed by atoms with Crippen LogP contribution in [0.15, 0.2) is 30.3 Å². The van der Waals surface area contributed by atoms with Crippen LogP contribution < -0.4 is 0 Å². The van der Waals surface area contributed by atoms with Crippen molar-refractivity contribution in [2.24, 2.45) is 0 Å². The van der Waals surface area contributed by atoms with Crippen molar-refractivity contribution in [2.75, 3.05) is 5.33 Å². The second kappa shape index (κ2) is 11.0. The minimum atomic E-state index is -2.07. The smallest absolute Gasteiger partial charge is 0.412 e. The Morgan fingerprint density at radius 1 is 1.15 bits per heavy atom. The molecule has 1 aliphatic rings. The van der Waals surface area contributed by atoms with Crippen molar-refractivity contribution in [1.82, 2.24) is 4.90 Å². The molecule has 3 unspecified atom stereocenters. The van der Waals surface area contributed by atoms with E-state index in [4.69, 9.17) is 13.9 Å². The van der Waals surface area contributed by atoms with Crippen LogP contribution in [0.2, 0.25) is 18.1 Å². The molecule has 194 valence electrons. The van der Waals surface area contributed by atoms with Crippen LogP contribution in [0, 0.1) is 0 Å². The van der Waals surface area contributed by atoms with Gasteiger partial charge in [0.15, 0.2) is 8.32 Å². The maximum atomic E-state index is 13.5. The standard InChI is InChI=1S/C27H46BrNO4Si/c1-25(2,3)32-24(30)29-21(19-20-15-12-11-13-16-20)23(31-27(29,7)8)22(17-14-18-28)33-34(9,10)26(4,5)6/h11-13,15-16,21-23H,14,17-19H2,1-10H3. The molecular weight excluding hydrogens is 510 g/mol. The van der Waals surface area contributed by atoms with E-state index in [0.717, 1.165) is 18.2 Å². The van der Waals surface area contributed by atoms with Crippen LogP contribution in [0.3, 0.4) is 0 Å². The van der Waals surface area contributed by atoms with Crippen molar-refractivity contribution in [2.45, 2.75) is 122 Å². The van der Waals surface area contributed by atoms with Crippen molar-refractivity contribution in [3.05, 3.63) is 35.9 Å². The van der Waals surface area contributed by atoms with Gasteiger partial charge in [0.05, 0.1) is 12.1 Å². The van der Waals surface area contributed by atoms with E-state index in [0.29, 0.717) is 6.42 Å². The van der Waals surface area contributed by atoms with Gasteiger partial charge in [0.25, 0.3) is 0 Å².